The molecule has 6 nitrogen and oxygen atoms in total. The molecule has 9 heteroatoms. The maximum Gasteiger partial charge on any atom is 0.416 e. The molecule has 2 heterocycles. The van der Waals surface area contributed by atoms with Crippen LogP contribution < -0.4 is 10.1 Å². The van der Waals surface area contributed by atoms with Crippen LogP contribution in [0.3, 0.4) is 0 Å². The van der Waals surface area contributed by atoms with Gasteiger partial charge in [0.05, 0.1) is 23.9 Å². The van der Waals surface area contributed by atoms with Gasteiger partial charge in [-0.2, -0.15) is 17.6 Å². The molecule has 0 saturated heterocycles. The molecule has 0 atom stereocenters. The molecule has 0 aliphatic heterocycles. The summed E-state index contributed by atoms with van der Waals surface area (Å²) in [4.78, 5) is 30.3. The number of fused-ring (bicyclic) bond motifs is 1. The Morgan fingerprint density at radius 1 is 1.06 bits per heavy atom. The van der Waals surface area contributed by atoms with Gasteiger partial charge in [0.1, 0.15) is 11.8 Å². The second kappa shape index (κ2) is 10.2. The summed E-state index contributed by atoms with van der Waals surface area (Å²) in [6.45, 7) is 4.10. The molecule has 0 aliphatic carbocycles. The normalized spacial score (nSPS) is 11.8. The van der Waals surface area contributed by atoms with E-state index >= 15 is 0 Å². The number of pyridine rings is 1. The van der Waals surface area contributed by atoms with E-state index in [-0.39, 0.29) is 11.1 Å². The highest BCUT2D eigenvalue weighted by Crippen LogP contribution is 2.31. The van der Waals surface area contributed by atoms with Gasteiger partial charge in [0, 0.05) is 18.7 Å². The molecular formula is C27H23F3N3O3+. The van der Waals surface area contributed by atoms with E-state index in [4.69, 9.17) is 4.84 Å². The molecule has 0 fully saturated rings. The molecule has 0 N–H and O–H groups in total. The molecule has 0 saturated carbocycles. The van der Waals surface area contributed by atoms with Crippen molar-refractivity contribution in [3.63, 3.8) is 0 Å². The first-order valence-electron chi connectivity index (χ1n) is 11.2. The van der Waals surface area contributed by atoms with Crippen molar-refractivity contribution < 1.29 is 27.4 Å². The van der Waals surface area contributed by atoms with Crippen LogP contribution in [0.5, 0.6) is 0 Å². The third-order valence-corrected chi connectivity index (χ3v) is 5.53. The average Bonchev–Trinajstić information content (AvgIpc) is 2.84. The van der Waals surface area contributed by atoms with Crippen LogP contribution in [0.2, 0.25) is 0 Å². The minimum atomic E-state index is -4.52. The second-order valence-corrected chi connectivity index (χ2v) is 8.38. The summed E-state index contributed by atoms with van der Waals surface area (Å²) >= 11 is 0. The zero-order valence-corrected chi connectivity index (χ0v) is 19.6. The van der Waals surface area contributed by atoms with Crippen LogP contribution in [0, 0.1) is 13.8 Å². The first-order chi connectivity index (χ1) is 17.1. The van der Waals surface area contributed by atoms with Crippen LogP contribution in [0.4, 0.5) is 13.2 Å². The van der Waals surface area contributed by atoms with Crippen molar-refractivity contribution >= 4 is 17.8 Å². The van der Waals surface area contributed by atoms with Crippen molar-refractivity contribution in [3.05, 3.63) is 106 Å². The summed E-state index contributed by atoms with van der Waals surface area (Å²) in [6.07, 6.45) is 0.342. The topological polar surface area (TPSA) is 64.0 Å². The number of benzene rings is 2. The van der Waals surface area contributed by atoms with Crippen molar-refractivity contribution in [2.45, 2.75) is 33.0 Å². The van der Waals surface area contributed by atoms with Gasteiger partial charge < -0.3 is 4.84 Å². The molecule has 0 aliphatic rings. The zero-order chi connectivity index (χ0) is 25.9. The van der Waals surface area contributed by atoms with Crippen molar-refractivity contribution in [2.24, 2.45) is 5.16 Å². The van der Waals surface area contributed by atoms with E-state index in [0.717, 1.165) is 23.3 Å². The van der Waals surface area contributed by atoms with Gasteiger partial charge in [-0.25, -0.2) is 14.2 Å². The third kappa shape index (κ3) is 5.51. The Kier molecular flexibility index (Phi) is 7.00. The van der Waals surface area contributed by atoms with Crippen molar-refractivity contribution in [1.82, 2.24) is 4.40 Å². The van der Waals surface area contributed by atoms with Gasteiger partial charge in [-0.15, -0.1) is 0 Å². The van der Waals surface area contributed by atoms with Gasteiger partial charge in [-0.1, -0.05) is 40.5 Å². The number of hydrogen-bond donors (Lipinski definition) is 0. The van der Waals surface area contributed by atoms with E-state index in [1.807, 2.05) is 19.9 Å². The second-order valence-electron chi connectivity index (χ2n) is 8.38. The Morgan fingerprint density at radius 3 is 2.53 bits per heavy atom. The van der Waals surface area contributed by atoms with Crippen LogP contribution >= 0.6 is 0 Å². The first kappa shape index (κ1) is 24.8. The zero-order valence-electron chi connectivity index (χ0n) is 19.6. The number of oxime groups is 1. The number of carbonyl (C=O) groups excluding carboxylic acids is 1. The number of carbonyl (C=O) groups is 1. The van der Waals surface area contributed by atoms with Gasteiger partial charge in [0.2, 0.25) is 0 Å². The van der Waals surface area contributed by atoms with Crippen LogP contribution in [0.15, 0.2) is 83.0 Å². The number of hydrogen-bond acceptors (Lipinski definition) is 4. The van der Waals surface area contributed by atoms with Gasteiger partial charge in [0.15, 0.2) is 0 Å². The van der Waals surface area contributed by atoms with Crippen LogP contribution in [0.25, 0.3) is 16.8 Å². The molecule has 2 aromatic carbocycles. The monoisotopic (exact) mass is 494 g/mol. The van der Waals surface area contributed by atoms with E-state index in [0.29, 0.717) is 24.2 Å². The van der Waals surface area contributed by atoms with E-state index in [2.05, 4.69) is 5.16 Å². The number of aryl methyl sites for hydroxylation is 3. The van der Waals surface area contributed by atoms with E-state index in [9.17, 15) is 22.8 Å². The van der Waals surface area contributed by atoms with Crippen LogP contribution in [-0.2, 0) is 17.6 Å². The molecule has 2 aromatic heterocycles. The lowest BCUT2D eigenvalue weighted by Gasteiger charge is -2.09. The molecule has 0 unspecified atom stereocenters. The molecule has 36 heavy (non-hydrogen) atoms. The lowest BCUT2D eigenvalue weighted by Crippen LogP contribution is -2.40. The molecule has 4 rings (SSSR count). The van der Waals surface area contributed by atoms with Crippen molar-refractivity contribution in [3.8, 4) is 11.1 Å². The molecular weight excluding hydrogens is 471 g/mol. The van der Waals surface area contributed by atoms with Gasteiger partial charge in [0.25, 0.3) is 5.65 Å². The Bertz CT molecular complexity index is 1500. The summed E-state index contributed by atoms with van der Waals surface area (Å²) < 4.78 is 42.8. The van der Waals surface area contributed by atoms with E-state index in [1.54, 1.807) is 41.1 Å². The maximum absolute atomic E-state index is 13.2. The van der Waals surface area contributed by atoms with Crippen molar-refractivity contribution in [1.29, 1.82) is 0 Å². The Balaban J connectivity index is 1.57. The smallest absolute Gasteiger partial charge is 0.313 e. The average molecular weight is 494 g/mol. The quantitative estimate of drug-likeness (QED) is 0.162. The fourth-order valence-electron chi connectivity index (χ4n) is 3.97. The highest BCUT2D eigenvalue weighted by atomic mass is 19.4. The van der Waals surface area contributed by atoms with Gasteiger partial charge in [-0.05, 0) is 49.7 Å². The Morgan fingerprint density at radius 2 is 1.81 bits per heavy atom. The highest BCUT2D eigenvalue weighted by Gasteiger charge is 2.31. The maximum atomic E-state index is 13.2. The van der Waals surface area contributed by atoms with Gasteiger partial charge in [-0.3, -0.25) is 0 Å². The Labute approximate surface area is 204 Å². The fourth-order valence-corrected chi connectivity index (χ4v) is 3.97. The largest absolute Gasteiger partial charge is 0.416 e. The summed E-state index contributed by atoms with van der Waals surface area (Å²) in [7, 11) is 0. The van der Waals surface area contributed by atoms with E-state index < -0.39 is 23.3 Å². The summed E-state index contributed by atoms with van der Waals surface area (Å²) in [5.74, 6) is -0.575. The Hall–Kier alpha value is -4.27. The molecule has 0 radical (unpaired) electrons. The predicted molar refractivity (Wildman–Crippen MR) is 129 cm³/mol. The third-order valence-electron chi connectivity index (χ3n) is 5.53. The molecule has 4 aromatic rings. The summed E-state index contributed by atoms with van der Waals surface area (Å²) in [5, 5.41) is 3.76. The standard InChI is InChI=1S/C27H23F3N3O3/c1-18-13-19(2)15-21(14-18)26(35)36-31-10-6-11-32-17-23(25(34)33-12-4-3-9-24(32)33)20-7-5-8-22(16-20)27(28,29)30/h3-5,7-10,12-17H,6,11H2,1-2H3/q+1. The van der Waals surface area contributed by atoms with Crippen LogP contribution in [-0.4, -0.2) is 16.6 Å². The number of nitrogens with zero attached hydrogens (tertiary/aromatic N) is 3. The lowest BCUT2D eigenvalue weighted by molar-refractivity contribution is -0.672. The number of alkyl halides is 3. The van der Waals surface area contributed by atoms with Crippen molar-refractivity contribution in [2.75, 3.05) is 0 Å². The lowest BCUT2D eigenvalue weighted by atomic mass is 10.1. The highest BCUT2D eigenvalue weighted by molar-refractivity contribution is 5.90. The first-order valence-corrected chi connectivity index (χ1v) is 11.2. The summed E-state index contributed by atoms with van der Waals surface area (Å²) in [6, 6.07) is 15.2. The number of aromatic nitrogens is 2. The molecule has 184 valence electrons. The SMILES string of the molecule is Cc1cc(C)cc(C(=O)ON=CCC[n+]2cc(-c3cccc(C(F)(F)F)c3)c(=O)n3ccccc32)c1. The summed E-state index contributed by atoms with van der Waals surface area (Å²) in [5.41, 5.74) is 1.85. The van der Waals surface area contributed by atoms with E-state index in [1.165, 1.54) is 28.9 Å². The van der Waals surface area contributed by atoms with Gasteiger partial charge >= 0.3 is 17.7 Å². The molecule has 0 spiro atoms. The number of rotatable bonds is 6. The molecule has 0 amide bonds. The minimum absolute atomic E-state index is 0.128. The predicted octanol–water partition coefficient (Wildman–Crippen LogP) is 5.12. The number of halogens is 3. The fraction of sp³-hybridized carbons (Fsp3) is 0.185. The molecule has 0 bridgehead atoms. The van der Waals surface area contributed by atoms with Crippen LogP contribution in [0.1, 0.15) is 33.5 Å². The minimum Gasteiger partial charge on any atom is -0.313 e.